The van der Waals surface area contributed by atoms with E-state index in [-0.39, 0.29) is 29.9 Å². The Morgan fingerprint density at radius 3 is 2.56 bits per heavy atom. The lowest BCUT2D eigenvalue weighted by Crippen LogP contribution is -2.47. The van der Waals surface area contributed by atoms with Crippen LogP contribution in [0.25, 0.3) is 5.57 Å². The Labute approximate surface area is 197 Å². The molecule has 5 rings (SSSR count). The van der Waals surface area contributed by atoms with Gasteiger partial charge in [0.25, 0.3) is 0 Å². The van der Waals surface area contributed by atoms with Crippen LogP contribution in [-0.2, 0) is 15.0 Å². The molecule has 1 amide bonds. The maximum atomic E-state index is 13.7. The smallest absolute Gasteiger partial charge is 0.239 e. The molecule has 2 aromatic rings. The molecule has 1 spiro atoms. The second kappa shape index (κ2) is 7.75. The summed E-state index contributed by atoms with van der Waals surface area (Å²) in [5.74, 6) is -0.335. The van der Waals surface area contributed by atoms with Crippen LogP contribution in [0.2, 0.25) is 5.02 Å². The number of hydrogen-bond donors (Lipinski definition) is 1. The van der Waals surface area contributed by atoms with Crippen molar-refractivity contribution in [3.8, 4) is 0 Å². The van der Waals surface area contributed by atoms with Gasteiger partial charge in [0.2, 0.25) is 5.91 Å². The molecule has 2 aliphatic carbocycles. The molecule has 0 saturated heterocycles. The van der Waals surface area contributed by atoms with Gasteiger partial charge >= 0.3 is 0 Å². The van der Waals surface area contributed by atoms with E-state index >= 15 is 0 Å². The molecule has 1 unspecified atom stereocenters. The highest BCUT2D eigenvalue weighted by Crippen LogP contribution is 2.54. The van der Waals surface area contributed by atoms with Gasteiger partial charge in [-0.2, -0.15) is 0 Å². The molecule has 5 heteroatoms. The number of fused-ring (bicyclic) bond motifs is 2. The fourth-order valence-electron chi connectivity index (χ4n) is 5.31. The van der Waals surface area contributed by atoms with Gasteiger partial charge in [-0.1, -0.05) is 65.7 Å². The molecule has 1 heterocycles. The summed E-state index contributed by atoms with van der Waals surface area (Å²) in [5.41, 5.74) is 4.33. The summed E-state index contributed by atoms with van der Waals surface area (Å²) in [5, 5.41) is 4.33. The quantitative estimate of drug-likeness (QED) is 0.550. The molecular formula is C27H23Cl2NO2. The monoisotopic (exact) mass is 463 g/mol. The van der Waals surface area contributed by atoms with Crippen LogP contribution < -0.4 is 5.32 Å². The average Bonchev–Trinajstić information content (AvgIpc) is 3.02. The maximum Gasteiger partial charge on any atom is 0.239 e. The lowest BCUT2D eigenvalue weighted by Gasteiger charge is -2.41. The first kappa shape index (κ1) is 21.2. The molecule has 3 aliphatic rings. The van der Waals surface area contributed by atoms with Crippen LogP contribution in [0.4, 0.5) is 5.69 Å². The molecule has 162 valence electrons. The van der Waals surface area contributed by atoms with Crippen LogP contribution in [0.3, 0.4) is 0 Å². The maximum absolute atomic E-state index is 13.7. The molecule has 0 bridgehead atoms. The predicted octanol–water partition coefficient (Wildman–Crippen LogP) is 6.52. The number of amides is 1. The third-order valence-electron chi connectivity index (χ3n) is 7.11. The van der Waals surface area contributed by atoms with Gasteiger partial charge in [0, 0.05) is 27.7 Å². The minimum Gasteiger partial charge on any atom is -0.325 e. The van der Waals surface area contributed by atoms with Gasteiger partial charge in [-0.05, 0) is 72.6 Å². The van der Waals surface area contributed by atoms with Crippen LogP contribution in [0, 0.1) is 25.7 Å². The SMILES string of the molecule is Cc1ccc(C2=C[C@@]3(C(=O)Nc4cc(Cl)ccc43)[C@H](C3C=CC=C(Cl)C3)CC2=O)cc1C. The Bertz CT molecular complexity index is 1260. The zero-order chi connectivity index (χ0) is 22.6. The van der Waals surface area contributed by atoms with E-state index in [1.54, 1.807) is 6.07 Å². The summed E-state index contributed by atoms with van der Waals surface area (Å²) < 4.78 is 0. The van der Waals surface area contributed by atoms with Gasteiger partial charge in [-0.15, -0.1) is 0 Å². The Balaban J connectivity index is 1.73. The number of carbonyl (C=O) groups excluding carboxylic acids is 2. The zero-order valence-electron chi connectivity index (χ0n) is 17.9. The molecule has 0 aromatic heterocycles. The second-order valence-electron chi connectivity index (χ2n) is 8.97. The first-order valence-electron chi connectivity index (χ1n) is 10.8. The zero-order valence-corrected chi connectivity index (χ0v) is 19.4. The number of ketones is 1. The van der Waals surface area contributed by atoms with Gasteiger partial charge in [0.05, 0.1) is 5.41 Å². The van der Waals surface area contributed by atoms with Crippen molar-refractivity contribution < 1.29 is 9.59 Å². The van der Waals surface area contributed by atoms with Crippen molar-refractivity contribution in [1.82, 2.24) is 0 Å². The van der Waals surface area contributed by atoms with E-state index < -0.39 is 5.41 Å². The van der Waals surface area contributed by atoms with Crippen LogP contribution in [-0.4, -0.2) is 11.7 Å². The molecule has 0 fully saturated rings. The number of Topliss-reactive ketones (excluding diaryl/α,β-unsaturated/α-hetero) is 1. The van der Waals surface area contributed by atoms with E-state index in [4.69, 9.17) is 23.2 Å². The number of halogens is 2. The fraction of sp³-hybridized carbons (Fsp3) is 0.259. The molecule has 3 nitrogen and oxygen atoms in total. The summed E-state index contributed by atoms with van der Waals surface area (Å²) in [6.45, 7) is 4.08. The number of allylic oxidation sites excluding steroid dienone is 5. The fourth-order valence-corrected chi connectivity index (χ4v) is 5.73. The second-order valence-corrected chi connectivity index (χ2v) is 9.89. The average molecular weight is 464 g/mol. The summed E-state index contributed by atoms with van der Waals surface area (Å²) >= 11 is 12.6. The van der Waals surface area contributed by atoms with Gasteiger partial charge in [0.15, 0.2) is 5.78 Å². The molecule has 1 aliphatic heterocycles. The summed E-state index contributed by atoms with van der Waals surface area (Å²) in [4.78, 5) is 27.1. The Hall–Kier alpha value is -2.62. The normalized spacial score (nSPS) is 26.6. The van der Waals surface area contributed by atoms with Gasteiger partial charge < -0.3 is 5.32 Å². The first-order chi connectivity index (χ1) is 15.3. The van der Waals surface area contributed by atoms with E-state index in [9.17, 15) is 9.59 Å². The molecule has 0 radical (unpaired) electrons. The van der Waals surface area contributed by atoms with Crippen molar-refractivity contribution in [2.24, 2.45) is 11.8 Å². The van der Waals surface area contributed by atoms with Gasteiger partial charge in [-0.25, -0.2) is 0 Å². The van der Waals surface area contributed by atoms with Crippen LogP contribution >= 0.6 is 23.2 Å². The molecule has 1 N–H and O–H groups in total. The van der Waals surface area contributed by atoms with Crippen molar-refractivity contribution in [3.63, 3.8) is 0 Å². The standard InChI is InChI=1S/C27H23Cl2NO2/c1-15-6-7-17(10-16(15)2)21-14-27(22-9-8-20(29)12-24(22)30-26(27)32)23(13-25(21)31)18-4-3-5-19(28)11-18/h3-10,12,14,18,23H,11,13H2,1-2H3,(H,30,32)/t18?,23-,27-/m0/s1. The number of nitrogens with one attached hydrogen (secondary N) is 1. The van der Waals surface area contributed by atoms with E-state index in [1.807, 2.05) is 62.4 Å². The Kier molecular flexibility index (Phi) is 5.15. The third-order valence-corrected chi connectivity index (χ3v) is 7.63. The number of carbonyl (C=O) groups is 2. The number of benzene rings is 2. The van der Waals surface area contributed by atoms with Crippen molar-refractivity contribution in [2.45, 2.75) is 32.1 Å². The molecule has 2 aromatic carbocycles. The minimum absolute atomic E-state index is 0.0265. The lowest BCUT2D eigenvalue weighted by molar-refractivity contribution is -0.123. The third kappa shape index (κ3) is 3.27. The molecule has 0 saturated carbocycles. The molecule has 32 heavy (non-hydrogen) atoms. The number of rotatable bonds is 2. The highest BCUT2D eigenvalue weighted by Gasteiger charge is 2.56. The number of aryl methyl sites for hydroxylation is 2. The summed E-state index contributed by atoms with van der Waals surface area (Å²) in [7, 11) is 0. The number of anilines is 1. The van der Waals surface area contributed by atoms with Gasteiger partial charge in [-0.3, -0.25) is 9.59 Å². The largest absolute Gasteiger partial charge is 0.325 e. The highest BCUT2D eigenvalue weighted by molar-refractivity contribution is 6.31. The predicted molar refractivity (Wildman–Crippen MR) is 130 cm³/mol. The minimum atomic E-state index is -0.967. The molecule has 3 atom stereocenters. The van der Waals surface area contributed by atoms with Crippen molar-refractivity contribution >= 4 is 46.2 Å². The highest BCUT2D eigenvalue weighted by atomic mass is 35.5. The van der Waals surface area contributed by atoms with Crippen LogP contribution in [0.5, 0.6) is 0 Å². The van der Waals surface area contributed by atoms with Crippen molar-refractivity contribution in [3.05, 3.63) is 93.0 Å². The number of hydrogen-bond acceptors (Lipinski definition) is 2. The van der Waals surface area contributed by atoms with E-state index in [2.05, 4.69) is 11.4 Å². The first-order valence-corrected chi connectivity index (χ1v) is 11.5. The topological polar surface area (TPSA) is 46.2 Å². The lowest BCUT2D eigenvalue weighted by atomic mass is 9.59. The van der Waals surface area contributed by atoms with E-state index in [0.717, 1.165) is 27.3 Å². The Morgan fingerprint density at radius 1 is 1.00 bits per heavy atom. The van der Waals surface area contributed by atoms with Crippen molar-refractivity contribution in [2.75, 3.05) is 5.32 Å². The summed E-state index contributed by atoms with van der Waals surface area (Å²) in [6, 6.07) is 11.5. The molecular weight excluding hydrogens is 441 g/mol. The van der Waals surface area contributed by atoms with E-state index in [0.29, 0.717) is 22.7 Å². The van der Waals surface area contributed by atoms with Crippen molar-refractivity contribution in [1.29, 1.82) is 0 Å². The van der Waals surface area contributed by atoms with Crippen LogP contribution in [0.1, 0.15) is 35.1 Å². The van der Waals surface area contributed by atoms with Gasteiger partial charge in [0.1, 0.15) is 0 Å². The Morgan fingerprint density at radius 2 is 1.81 bits per heavy atom. The van der Waals surface area contributed by atoms with E-state index in [1.165, 1.54) is 0 Å². The van der Waals surface area contributed by atoms with Crippen LogP contribution in [0.15, 0.2) is 65.7 Å². The summed E-state index contributed by atoms with van der Waals surface area (Å²) in [6.07, 6.45) is 8.65.